The largest absolute Gasteiger partial charge is 0.493 e. The molecular weight excluding hydrogens is 385 g/mol. The quantitative estimate of drug-likeness (QED) is 0.770. The first-order valence-corrected chi connectivity index (χ1v) is 11.0. The molecule has 0 radical (unpaired) electrons. The normalized spacial score (nSPS) is 27.4. The maximum absolute atomic E-state index is 12.9. The molecule has 0 aliphatic carbocycles. The van der Waals surface area contributed by atoms with Crippen LogP contribution in [0.2, 0.25) is 0 Å². The van der Waals surface area contributed by atoms with Crippen LogP contribution in [0, 0.1) is 0 Å². The number of methoxy groups -OCH3 is 2. The van der Waals surface area contributed by atoms with Gasteiger partial charge in [0.1, 0.15) is 0 Å². The summed E-state index contributed by atoms with van der Waals surface area (Å²) in [5, 5.41) is 4.60. The molecule has 1 aromatic rings. The van der Waals surface area contributed by atoms with Gasteiger partial charge in [0.05, 0.1) is 25.7 Å². The Balaban J connectivity index is 1.56. The zero-order valence-electron chi connectivity index (χ0n) is 17.3. The average molecular weight is 413 g/mol. The van der Waals surface area contributed by atoms with Crippen LogP contribution in [-0.4, -0.2) is 60.9 Å². The molecule has 4 atom stereocenters. The highest BCUT2D eigenvalue weighted by atomic mass is 31.1. The van der Waals surface area contributed by atoms with Gasteiger partial charge in [0.2, 0.25) is 0 Å². The molecule has 0 spiro atoms. The minimum absolute atomic E-state index is 0.0246. The van der Waals surface area contributed by atoms with Gasteiger partial charge in [-0.15, -0.1) is 0 Å². The van der Waals surface area contributed by atoms with Gasteiger partial charge in [0.15, 0.2) is 11.5 Å². The Morgan fingerprint density at radius 3 is 2.52 bits per heavy atom. The number of hydrogen-bond donors (Lipinski definition) is 1. The number of carbonyl (C=O) groups is 1. The third-order valence-electron chi connectivity index (χ3n) is 5.46. The van der Waals surface area contributed by atoms with E-state index < -0.39 is 0 Å². The van der Waals surface area contributed by atoms with Crippen LogP contribution in [0.4, 0.5) is 0 Å². The molecule has 3 aliphatic heterocycles. The van der Waals surface area contributed by atoms with E-state index in [0.717, 1.165) is 29.7 Å². The molecule has 4 rings (SSSR count). The van der Waals surface area contributed by atoms with Gasteiger partial charge in [-0.25, -0.2) is 0 Å². The van der Waals surface area contributed by atoms with Crippen LogP contribution in [0.3, 0.4) is 0 Å². The zero-order valence-corrected chi connectivity index (χ0v) is 18.3. The minimum atomic E-state index is 0.0246. The van der Waals surface area contributed by atoms with E-state index in [4.69, 9.17) is 9.47 Å². The fourth-order valence-corrected chi connectivity index (χ4v) is 5.54. The van der Waals surface area contributed by atoms with E-state index in [1.165, 1.54) is 0 Å². The zero-order chi connectivity index (χ0) is 20.5. The highest BCUT2D eigenvalue weighted by Gasteiger charge is 2.31. The van der Waals surface area contributed by atoms with Crippen molar-refractivity contribution >= 4 is 19.8 Å². The van der Waals surface area contributed by atoms with E-state index in [1.807, 2.05) is 29.3 Å². The number of hydrogen-bond acceptors (Lipinski definition) is 5. The number of nitrogens with one attached hydrogen (secondary N) is 1. The standard InChI is InChI=1S/C22H28N3O3P/c1-14-11-24(12-15(2)23-14)17-6-8-22-25(13-17)21(26)10-20(29-22)16-5-7-18(27-3)19(9-16)28-4/h5-10,13-15,22-23,29H,11-12H2,1-4H3/t14-,15?,22?/m0/s1. The number of nitrogens with zero attached hydrogens (tertiary/aromatic N) is 2. The van der Waals surface area contributed by atoms with E-state index in [0.29, 0.717) is 32.2 Å². The highest BCUT2D eigenvalue weighted by molar-refractivity contribution is 7.51. The predicted octanol–water partition coefficient (Wildman–Crippen LogP) is 2.98. The third-order valence-corrected chi connectivity index (χ3v) is 6.97. The molecule has 1 N–H and O–H groups in total. The number of allylic oxidation sites excluding steroid dienone is 1. The SMILES string of the molecule is COc1ccc(C2=CC(=O)N3C=C(N4CC(C)N[C@@H](C)C4)C=CC3P2)cc1OC. The second-order valence-electron chi connectivity index (χ2n) is 7.75. The van der Waals surface area contributed by atoms with Gasteiger partial charge in [-0.3, -0.25) is 4.79 Å². The smallest absolute Gasteiger partial charge is 0.252 e. The van der Waals surface area contributed by atoms with Crippen LogP contribution in [0.25, 0.3) is 5.31 Å². The summed E-state index contributed by atoms with van der Waals surface area (Å²) < 4.78 is 10.7. The van der Waals surface area contributed by atoms with Gasteiger partial charge in [-0.2, -0.15) is 0 Å². The lowest BCUT2D eigenvalue weighted by Gasteiger charge is -2.41. The van der Waals surface area contributed by atoms with E-state index in [1.54, 1.807) is 20.3 Å². The van der Waals surface area contributed by atoms with Gasteiger partial charge < -0.3 is 24.6 Å². The molecule has 154 valence electrons. The van der Waals surface area contributed by atoms with Gasteiger partial charge in [-0.05, 0) is 42.9 Å². The number of carbonyl (C=O) groups excluding carboxylic acids is 1. The maximum atomic E-state index is 12.9. The lowest BCUT2D eigenvalue weighted by atomic mass is 10.1. The maximum Gasteiger partial charge on any atom is 0.252 e. The minimum Gasteiger partial charge on any atom is -0.493 e. The first-order valence-electron chi connectivity index (χ1n) is 9.92. The molecule has 0 bridgehead atoms. The van der Waals surface area contributed by atoms with Crippen molar-refractivity contribution in [3.63, 3.8) is 0 Å². The van der Waals surface area contributed by atoms with E-state index in [2.05, 4.69) is 36.2 Å². The summed E-state index contributed by atoms with van der Waals surface area (Å²) in [6.45, 7) is 6.29. The first kappa shape index (κ1) is 20.0. The van der Waals surface area contributed by atoms with Gasteiger partial charge in [0.25, 0.3) is 5.91 Å². The molecule has 3 unspecified atom stereocenters. The summed E-state index contributed by atoms with van der Waals surface area (Å²) in [7, 11) is 3.72. The van der Waals surface area contributed by atoms with E-state index in [-0.39, 0.29) is 11.7 Å². The number of piperazine rings is 1. The Kier molecular flexibility index (Phi) is 5.66. The molecule has 3 aliphatic rings. The Labute approximate surface area is 174 Å². The number of fused-ring (bicyclic) bond motifs is 1. The molecule has 1 saturated heterocycles. The molecule has 1 amide bonds. The summed E-state index contributed by atoms with van der Waals surface area (Å²) >= 11 is 0. The van der Waals surface area contributed by atoms with Crippen molar-refractivity contribution in [1.82, 2.24) is 15.1 Å². The average Bonchev–Trinajstić information content (AvgIpc) is 2.72. The topological polar surface area (TPSA) is 54.0 Å². The molecule has 3 heterocycles. The molecule has 6 nitrogen and oxygen atoms in total. The fraction of sp³-hybridized carbons (Fsp3) is 0.409. The van der Waals surface area contributed by atoms with Crippen LogP contribution in [0.15, 0.2) is 48.3 Å². The molecule has 1 aromatic carbocycles. The van der Waals surface area contributed by atoms with E-state index in [9.17, 15) is 4.79 Å². The lowest BCUT2D eigenvalue weighted by Crippen LogP contribution is -2.54. The fourth-order valence-electron chi connectivity index (χ4n) is 4.16. The molecular formula is C22H28N3O3P. The van der Waals surface area contributed by atoms with Crippen molar-refractivity contribution in [3.8, 4) is 11.5 Å². The molecule has 29 heavy (non-hydrogen) atoms. The number of benzene rings is 1. The molecule has 1 fully saturated rings. The van der Waals surface area contributed by atoms with Crippen molar-refractivity contribution in [3.05, 3.63) is 53.9 Å². The van der Waals surface area contributed by atoms with Crippen LogP contribution in [-0.2, 0) is 4.79 Å². The summed E-state index contributed by atoms with van der Waals surface area (Å²) in [4.78, 5) is 17.2. The second-order valence-corrected chi connectivity index (χ2v) is 9.17. The van der Waals surface area contributed by atoms with Crippen molar-refractivity contribution in [2.24, 2.45) is 0 Å². The van der Waals surface area contributed by atoms with Crippen molar-refractivity contribution in [1.29, 1.82) is 0 Å². The number of amides is 1. The molecule has 0 aromatic heterocycles. The summed E-state index contributed by atoms with van der Waals surface area (Å²) in [5.41, 5.74) is 2.12. The van der Waals surface area contributed by atoms with Gasteiger partial charge >= 0.3 is 0 Å². The van der Waals surface area contributed by atoms with Crippen LogP contribution < -0.4 is 14.8 Å². The number of rotatable bonds is 4. The Morgan fingerprint density at radius 2 is 1.83 bits per heavy atom. The lowest BCUT2D eigenvalue weighted by molar-refractivity contribution is -0.123. The predicted molar refractivity (Wildman–Crippen MR) is 117 cm³/mol. The van der Waals surface area contributed by atoms with Gasteiger partial charge in [-0.1, -0.05) is 20.7 Å². The Morgan fingerprint density at radius 1 is 1.10 bits per heavy atom. The van der Waals surface area contributed by atoms with Crippen molar-refractivity contribution < 1.29 is 14.3 Å². The molecule has 7 heteroatoms. The Hall–Kier alpha value is -2.30. The molecule has 0 saturated carbocycles. The third kappa shape index (κ3) is 4.05. The monoisotopic (exact) mass is 413 g/mol. The van der Waals surface area contributed by atoms with Crippen LogP contribution in [0.1, 0.15) is 19.4 Å². The summed E-state index contributed by atoms with van der Waals surface area (Å²) in [6, 6.07) is 6.68. The van der Waals surface area contributed by atoms with Crippen molar-refractivity contribution in [2.45, 2.75) is 31.7 Å². The summed E-state index contributed by atoms with van der Waals surface area (Å²) in [5.74, 6) is 1.45. The van der Waals surface area contributed by atoms with Crippen molar-refractivity contribution in [2.75, 3.05) is 27.3 Å². The van der Waals surface area contributed by atoms with E-state index >= 15 is 0 Å². The van der Waals surface area contributed by atoms with Crippen LogP contribution >= 0.6 is 8.58 Å². The van der Waals surface area contributed by atoms with Gasteiger partial charge in [0, 0.05) is 37.4 Å². The van der Waals surface area contributed by atoms with Crippen LogP contribution in [0.5, 0.6) is 11.5 Å². The first-order chi connectivity index (χ1) is 14.0. The highest BCUT2D eigenvalue weighted by Crippen LogP contribution is 2.46. The number of ether oxygens (including phenoxy) is 2. The summed E-state index contributed by atoms with van der Waals surface area (Å²) in [6.07, 6.45) is 8.11. The Bertz CT molecular complexity index is 885. The second kappa shape index (κ2) is 8.21.